The van der Waals surface area contributed by atoms with Crippen molar-refractivity contribution in [2.75, 3.05) is 30.9 Å². The highest BCUT2D eigenvalue weighted by Crippen LogP contribution is 2.34. The van der Waals surface area contributed by atoms with Gasteiger partial charge in [0.05, 0.1) is 5.52 Å². The maximum Gasteiger partial charge on any atom is 0.0727 e. The molecule has 112 valence electrons. The predicted molar refractivity (Wildman–Crippen MR) is 91.5 cm³/mol. The number of aromatic nitrogens is 1. The monoisotopic (exact) mass is 283 g/mol. The average molecular weight is 283 g/mol. The van der Waals surface area contributed by atoms with Gasteiger partial charge >= 0.3 is 0 Å². The van der Waals surface area contributed by atoms with E-state index in [4.69, 9.17) is 4.98 Å². The second-order valence-electron chi connectivity index (χ2n) is 6.14. The molecule has 3 heteroatoms. The van der Waals surface area contributed by atoms with Gasteiger partial charge in [-0.25, -0.2) is 0 Å². The maximum atomic E-state index is 4.93. The van der Waals surface area contributed by atoms with E-state index >= 15 is 0 Å². The largest absolute Gasteiger partial charge is 0.384 e. The molecule has 1 heterocycles. The quantitative estimate of drug-likeness (QED) is 0.919. The third kappa shape index (κ3) is 2.69. The van der Waals surface area contributed by atoms with E-state index in [-0.39, 0.29) is 0 Å². The van der Waals surface area contributed by atoms with Crippen LogP contribution in [0.5, 0.6) is 0 Å². The molecular formula is C18H25N3. The number of anilines is 2. The first-order valence-corrected chi connectivity index (χ1v) is 8.07. The zero-order valence-electron chi connectivity index (χ0n) is 13.4. The fraction of sp³-hybridized carbons (Fsp3) is 0.500. The topological polar surface area (TPSA) is 28.2 Å². The van der Waals surface area contributed by atoms with Crippen molar-refractivity contribution in [1.82, 2.24) is 4.98 Å². The van der Waals surface area contributed by atoms with Crippen molar-refractivity contribution in [3.63, 3.8) is 0 Å². The van der Waals surface area contributed by atoms with Gasteiger partial charge in [0.25, 0.3) is 0 Å². The van der Waals surface area contributed by atoms with E-state index in [1.54, 1.807) is 0 Å². The van der Waals surface area contributed by atoms with Crippen LogP contribution in [0.3, 0.4) is 0 Å². The third-order valence-corrected chi connectivity index (χ3v) is 4.31. The Labute approximate surface area is 127 Å². The molecule has 1 aromatic heterocycles. The van der Waals surface area contributed by atoms with Crippen LogP contribution in [0.25, 0.3) is 10.9 Å². The van der Waals surface area contributed by atoms with Gasteiger partial charge in [-0.1, -0.05) is 6.92 Å². The van der Waals surface area contributed by atoms with Gasteiger partial charge in [-0.2, -0.15) is 0 Å². The normalized spacial score (nSPS) is 14.0. The molecule has 1 N–H and O–H groups in total. The van der Waals surface area contributed by atoms with Gasteiger partial charge in [0.1, 0.15) is 0 Å². The van der Waals surface area contributed by atoms with Crippen LogP contribution in [0.15, 0.2) is 18.2 Å². The van der Waals surface area contributed by atoms with Gasteiger partial charge in [-0.15, -0.1) is 0 Å². The van der Waals surface area contributed by atoms with Crippen LogP contribution in [0, 0.1) is 0 Å². The number of nitrogens with one attached hydrogen (secondary N) is 1. The van der Waals surface area contributed by atoms with Crippen LogP contribution in [-0.4, -0.2) is 25.6 Å². The number of fused-ring (bicyclic) bond motifs is 2. The molecule has 0 bridgehead atoms. The molecule has 21 heavy (non-hydrogen) atoms. The summed E-state index contributed by atoms with van der Waals surface area (Å²) >= 11 is 0. The molecule has 0 aliphatic heterocycles. The van der Waals surface area contributed by atoms with E-state index in [1.807, 2.05) is 0 Å². The minimum Gasteiger partial charge on any atom is -0.384 e. The molecule has 1 aliphatic carbocycles. The molecule has 3 nitrogen and oxygen atoms in total. The zero-order valence-corrected chi connectivity index (χ0v) is 13.4. The highest BCUT2D eigenvalue weighted by Gasteiger charge is 2.18. The van der Waals surface area contributed by atoms with Crippen molar-refractivity contribution < 1.29 is 0 Å². The summed E-state index contributed by atoms with van der Waals surface area (Å²) in [5.74, 6) is 0. The van der Waals surface area contributed by atoms with Crippen molar-refractivity contribution in [2.45, 2.75) is 39.0 Å². The van der Waals surface area contributed by atoms with E-state index in [0.717, 1.165) is 31.3 Å². The van der Waals surface area contributed by atoms with Gasteiger partial charge in [0, 0.05) is 43.1 Å². The molecule has 1 aliphatic rings. The first-order valence-electron chi connectivity index (χ1n) is 8.07. The van der Waals surface area contributed by atoms with Crippen LogP contribution in [0.2, 0.25) is 0 Å². The number of hydrogen-bond donors (Lipinski definition) is 1. The summed E-state index contributed by atoms with van der Waals surface area (Å²) in [6, 6.07) is 6.60. The Kier molecular flexibility index (Phi) is 4.00. The molecule has 2 aromatic rings. The molecule has 0 amide bonds. The molecular weight excluding hydrogens is 258 g/mol. The molecule has 0 radical (unpaired) electrons. The van der Waals surface area contributed by atoms with Gasteiger partial charge in [-0.05, 0) is 55.9 Å². The molecule has 0 spiro atoms. The zero-order chi connectivity index (χ0) is 14.8. The minimum absolute atomic E-state index is 1.03. The van der Waals surface area contributed by atoms with E-state index in [2.05, 4.69) is 49.4 Å². The Morgan fingerprint density at radius 2 is 2.00 bits per heavy atom. The van der Waals surface area contributed by atoms with Crippen molar-refractivity contribution in [1.29, 1.82) is 0 Å². The van der Waals surface area contributed by atoms with Crippen LogP contribution < -0.4 is 10.2 Å². The van der Waals surface area contributed by atoms with Crippen molar-refractivity contribution >= 4 is 22.3 Å². The number of nitrogens with zero attached hydrogens (tertiary/aromatic N) is 2. The van der Waals surface area contributed by atoms with Crippen LogP contribution in [0.1, 0.15) is 37.4 Å². The molecule has 0 saturated carbocycles. The fourth-order valence-electron chi connectivity index (χ4n) is 3.14. The van der Waals surface area contributed by atoms with E-state index in [9.17, 15) is 0 Å². The lowest BCUT2D eigenvalue weighted by Crippen LogP contribution is -2.13. The number of pyridine rings is 1. The lowest BCUT2D eigenvalue weighted by atomic mass is 9.92. The molecule has 1 aromatic carbocycles. The van der Waals surface area contributed by atoms with Gasteiger partial charge < -0.3 is 10.2 Å². The summed E-state index contributed by atoms with van der Waals surface area (Å²) in [4.78, 5) is 7.08. The smallest absolute Gasteiger partial charge is 0.0727 e. The van der Waals surface area contributed by atoms with Crippen LogP contribution in [-0.2, 0) is 12.8 Å². The number of benzene rings is 1. The summed E-state index contributed by atoms with van der Waals surface area (Å²) < 4.78 is 0. The molecule has 0 atom stereocenters. The van der Waals surface area contributed by atoms with Crippen LogP contribution >= 0.6 is 0 Å². The van der Waals surface area contributed by atoms with E-state index < -0.39 is 0 Å². The number of hydrogen-bond acceptors (Lipinski definition) is 3. The Hall–Kier alpha value is -1.77. The standard InChI is InChI=1S/C18H25N3/c1-4-11-19-18-14-7-5-6-8-16(14)20-17-10-9-13(21(2)3)12-15(17)18/h9-10,12H,4-8,11H2,1-3H3,(H,19,20). The van der Waals surface area contributed by atoms with Crippen molar-refractivity contribution in [2.24, 2.45) is 0 Å². The first kappa shape index (κ1) is 14.2. The molecule has 0 saturated heterocycles. The lowest BCUT2D eigenvalue weighted by Gasteiger charge is -2.22. The van der Waals surface area contributed by atoms with Crippen molar-refractivity contribution in [3.05, 3.63) is 29.5 Å². The van der Waals surface area contributed by atoms with E-state index in [0.29, 0.717) is 0 Å². The summed E-state index contributed by atoms with van der Waals surface area (Å²) in [6.07, 6.45) is 5.99. The number of rotatable bonds is 4. The fourth-order valence-corrected chi connectivity index (χ4v) is 3.14. The van der Waals surface area contributed by atoms with Gasteiger partial charge in [0.2, 0.25) is 0 Å². The van der Waals surface area contributed by atoms with Crippen LogP contribution in [0.4, 0.5) is 11.4 Å². The SMILES string of the molecule is CCCNc1c2c(nc3ccc(N(C)C)cc13)CCCC2. The van der Waals surface area contributed by atoms with E-state index in [1.165, 1.54) is 40.9 Å². The highest BCUT2D eigenvalue weighted by molar-refractivity contribution is 5.95. The summed E-state index contributed by atoms with van der Waals surface area (Å²) in [5.41, 5.74) is 6.46. The second kappa shape index (κ2) is 5.92. The lowest BCUT2D eigenvalue weighted by molar-refractivity contribution is 0.672. The van der Waals surface area contributed by atoms with Gasteiger partial charge in [-0.3, -0.25) is 4.98 Å². The van der Waals surface area contributed by atoms with Gasteiger partial charge in [0.15, 0.2) is 0 Å². The molecule has 3 rings (SSSR count). The Balaban J connectivity index is 2.20. The Bertz CT molecular complexity index is 646. The number of aryl methyl sites for hydroxylation is 1. The average Bonchev–Trinajstić information content (AvgIpc) is 2.50. The predicted octanol–water partition coefficient (Wildman–Crippen LogP) is 4.00. The minimum atomic E-state index is 1.03. The molecule has 0 fully saturated rings. The second-order valence-corrected chi connectivity index (χ2v) is 6.14. The third-order valence-electron chi connectivity index (χ3n) is 4.31. The summed E-state index contributed by atoms with van der Waals surface area (Å²) in [6.45, 7) is 3.24. The highest BCUT2D eigenvalue weighted by atomic mass is 15.1. The maximum absolute atomic E-state index is 4.93. The van der Waals surface area contributed by atoms with Crippen molar-refractivity contribution in [3.8, 4) is 0 Å². The summed E-state index contributed by atoms with van der Waals surface area (Å²) in [5, 5.41) is 4.95. The molecule has 0 unspecified atom stereocenters. The summed E-state index contributed by atoms with van der Waals surface area (Å²) in [7, 11) is 4.18. The first-order chi connectivity index (χ1) is 10.2. The Morgan fingerprint density at radius 3 is 2.76 bits per heavy atom. The Morgan fingerprint density at radius 1 is 1.19 bits per heavy atom.